The summed E-state index contributed by atoms with van der Waals surface area (Å²) < 4.78 is 7.67. The van der Waals surface area contributed by atoms with Crippen LogP contribution in [0.2, 0.25) is 0 Å². The summed E-state index contributed by atoms with van der Waals surface area (Å²) in [5.74, 6) is -3.21. The van der Waals surface area contributed by atoms with Crippen LogP contribution in [0.5, 0.6) is 0 Å². The van der Waals surface area contributed by atoms with E-state index in [-0.39, 0.29) is 24.5 Å². The number of carbonyl (C=O) groups is 3. The summed E-state index contributed by atoms with van der Waals surface area (Å²) in [6.45, 7) is 5.41. The number of amides is 2. The fourth-order valence-electron chi connectivity index (χ4n) is 7.65. The van der Waals surface area contributed by atoms with Crippen LogP contribution in [-0.2, 0) is 31.5 Å². The molecule has 1 aliphatic heterocycles. The van der Waals surface area contributed by atoms with E-state index in [9.17, 15) is 19.5 Å². The van der Waals surface area contributed by atoms with Gasteiger partial charge in [-0.15, -0.1) is 0 Å². The zero-order chi connectivity index (χ0) is 33.8. The van der Waals surface area contributed by atoms with Crippen molar-refractivity contribution < 1.29 is 28.8 Å². The quantitative estimate of drug-likeness (QED) is 0.131. The number of aliphatic hydroxyl groups is 1. The molecule has 48 heavy (non-hydrogen) atoms. The molecule has 7 rings (SSSR count). The Morgan fingerprint density at radius 2 is 1.52 bits per heavy atom. The Morgan fingerprint density at radius 3 is 2.19 bits per heavy atom. The van der Waals surface area contributed by atoms with E-state index in [4.69, 9.17) is 4.74 Å². The maximum atomic E-state index is 14.0. The average molecular weight is 641 g/mol. The van der Waals surface area contributed by atoms with E-state index in [2.05, 4.69) is 4.98 Å². The summed E-state index contributed by atoms with van der Waals surface area (Å²) >= 11 is 0. The minimum Gasteiger partial charge on any atom is -0.404 e. The molecule has 3 aliphatic rings. The first-order chi connectivity index (χ1) is 23.0. The summed E-state index contributed by atoms with van der Waals surface area (Å²) in [6.07, 6.45) is 5.51. The predicted molar refractivity (Wildman–Crippen MR) is 178 cm³/mol. The molecule has 1 saturated carbocycles. The molecule has 0 spiro atoms. The molecule has 2 fully saturated rings. The number of imide groups is 1. The number of rotatable bonds is 7. The lowest BCUT2D eigenvalue weighted by Crippen LogP contribution is -2.42. The van der Waals surface area contributed by atoms with Crippen molar-refractivity contribution in [3.05, 3.63) is 149 Å². The van der Waals surface area contributed by atoms with Gasteiger partial charge in [0.2, 0.25) is 17.5 Å². The molecule has 4 aromatic rings. The number of fused-ring (bicyclic) bond motifs is 5. The van der Waals surface area contributed by atoms with Gasteiger partial charge in [-0.2, -0.15) is 4.57 Å². The van der Waals surface area contributed by atoms with Crippen molar-refractivity contribution in [2.45, 2.75) is 33.1 Å². The van der Waals surface area contributed by atoms with Crippen LogP contribution in [0.3, 0.4) is 0 Å². The number of carbonyl (C=O) groups excluding carboxylic acids is 3. The van der Waals surface area contributed by atoms with Crippen molar-refractivity contribution in [1.82, 2.24) is 9.88 Å². The van der Waals surface area contributed by atoms with Crippen molar-refractivity contribution in [3.63, 3.8) is 0 Å². The maximum absolute atomic E-state index is 14.0. The van der Waals surface area contributed by atoms with Gasteiger partial charge in [0.1, 0.15) is 0 Å². The number of hydrogen-bond acceptors (Lipinski definition) is 6. The summed E-state index contributed by atoms with van der Waals surface area (Å²) in [5, 5.41) is 13.0. The first kappa shape index (κ1) is 31.4. The van der Waals surface area contributed by atoms with Crippen molar-refractivity contribution in [3.8, 4) is 0 Å². The van der Waals surface area contributed by atoms with Crippen LogP contribution in [0.25, 0.3) is 5.57 Å². The van der Waals surface area contributed by atoms with Gasteiger partial charge < -0.3 is 9.84 Å². The third-order valence-electron chi connectivity index (χ3n) is 9.89. The van der Waals surface area contributed by atoms with Crippen molar-refractivity contribution in [2.24, 2.45) is 29.1 Å². The molecule has 2 aromatic heterocycles. The molecule has 1 unspecified atom stereocenters. The molecule has 1 saturated heterocycles. The normalized spacial score (nSPS) is 23.9. The van der Waals surface area contributed by atoms with Crippen LogP contribution in [0.4, 0.5) is 0 Å². The van der Waals surface area contributed by atoms with Gasteiger partial charge in [-0.3, -0.25) is 24.3 Å². The highest BCUT2D eigenvalue weighted by molar-refractivity contribution is 6.08. The van der Waals surface area contributed by atoms with E-state index in [0.29, 0.717) is 16.8 Å². The molecule has 8 nitrogen and oxygen atoms in total. The van der Waals surface area contributed by atoms with Crippen LogP contribution < -0.4 is 4.57 Å². The van der Waals surface area contributed by atoms with Gasteiger partial charge in [0.05, 0.1) is 28.5 Å². The number of hydrogen-bond donors (Lipinski definition) is 1. The molecule has 2 aromatic carbocycles. The van der Waals surface area contributed by atoms with Crippen LogP contribution in [0.15, 0.2) is 127 Å². The molecule has 2 aliphatic carbocycles. The Balaban J connectivity index is 1.49. The van der Waals surface area contributed by atoms with E-state index in [1.807, 2.05) is 123 Å². The second-order valence-electron chi connectivity index (χ2n) is 13.8. The SMILES string of the molecule is CN1C(=O)[C@@H]2[C@H](C1=O)[C@@H]1C(C(O)(c3ccccc3)c3ccccn3)=C[C@H]2/C1=C(/c1ccccc1)c1cccc[n+]1COC(=O)C(C)(C)C. The number of esters is 1. The van der Waals surface area contributed by atoms with E-state index in [1.165, 1.54) is 4.90 Å². The van der Waals surface area contributed by atoms with Crippen LogP contribution in [-0.4, -0.2) is 39.8 Å². The molecule has 2 amide bonds. The van der Waals surface area contributed by atoms with Crippen LogP contribution in [0, 0.1) is 29.1 Å². The molecular weight excluding hydrogens is 602 g/mol. The lowest BCUT2D eigenvalue weighted by atomic mass is 9.71. The summed E-state index contributed by atoms with van der Waals surface area (Å²) in [6, 6.07) is 30.4. The summed E-state index contributed by atoms with van der Waals surface area (Å²) in [5.41, 5.74) is 2.67. The van der Waals surface area contributed by atoms with E-state index in [1.54, 1.807) is 25.4 Å². The van der Waals surface area contributed by atoms with Gasteiger partial charge in [-0.25, -0.2) is 0 Å². The second kappa shape index (κ2) is 11.8. The molecule has 5 atom stereocenters. The second-order valence-corrected chi connectivity index (χ2v) is 13.8. The Labute approximate surface area is 280 Å². The molecule has 242 valence electrons. The number of ether oxygens (including phenoxy) is 1. The molecule has 2 bridgehead atoms. The largest absolute Gasteiger partial charge is 0.404 e. The average Bonchev–Trinajstić information content (AvgIpc) is 3.71. The first-order valence-electron chi connectivity index (χ1n) is 16.2. The smallest absolute Gasteiger partial charge is 0.316 e. The highest BCUT2D eigenvalue weighted by Gasteiger charge is 2.66. The van der Waals surface area contributed by atoms with E-state index >= 15 is 0 Å². The van der Waals surface area contributed by atoms with E-state index in [0.717, 1.165) is 22.4 Å². The van der Waals surface area contributed by atoms with E-state index < -0.39 is 34.7 Å². The van der Waals surface area contributed by atoms with Gasteiger partial charge in [-0.1, -0.05) is 72.8 Å². The maximum Gasteiger partial charge on any atom is 0.316 e. The standard InChI is InChI=1S/C40H38N3O5/c1-39(2,3)38(46)48-24-43-22-14-12-19-29(43)31(25-15-7-5-8-16-25)32-27-23-28(34(32)35-33(27)36(44)42(4)37(35)45)40(47,26-17-9-6-10-18-26)30-20-11-13-21-41-30/h5-23,27,33-35,47H,24H2,1-4H3/q+1/b32-31+/t27-,33-,34+,35-,40?/m0/s1. The number of benzene rings is 2. The molecular formula is C40H38N3O5+. The number of likely N-dealkylation sites (tertiary alicyclic amines) is 1. The summed E-state index contributed by atoms with van der Waals surface area (Å²) in [4.78, 5) is 46.5. The molecule has 0 radical (unpaired) electrons. The predicted octanol–water partition coefficient (Wildman–Crippen LogP) is 5.07. The van der Waals surface area contributed by atoms with Crippen molar-refractivity contribution in [1.29, 1.82) is 0 Å². The lowest BCUT2D eigenvalue weighted by molar-refractivity contribution is -0.729. The third kappa shape index (κ3) is 4.90. The Hall–Kier alpha value is -5.21. The highest BCUT2D eigenvalue weighted by atomic mass is 16.5. The Bertz CT molecular complexity index is 1920. The number of aromatic nitrogens is 2. The zero-order valence-corrected chi connectivity index (χ0v) is 27.4. The number of allylic oxidation sites excluding steroid dienone is 2. The monoisotopic (exact) mass is 640 g/mol. The topological polar surface area (TPSA) is 101 Å². The van der Waals surface area contributed by atoms with Gasteiger partial charge in [0.25, 0.3) is 6.73 Å². The first-order valence-corrected chi connectivity index (χ1v) is 16.2. The van der Waals surface area contributed by atoms with Gasteiger partial charge in [-0.05, 0) is 61.2 Å². The number of pyridine rings is 2. The highest BCUT2D eigenvalue weighted by Crippen LogP contribution is 2.64. The molecule has 3 heterocycles. The third-order valence-corrected chi connectivity index (χ3v) is 9.89. The van der Waals surface area contributed by atoms with Gasteiger partial charge >= 0.3 is 5.97 Å². The van der Waals surface area contributed by atoms with Crippen LogP contribution in [0.1, 0.15) is 43.3 Å². The van der Waals surface area contributed by atoms with Crippen LogP contribution >= 0.6 is 0 Å². The Morgan fingerprint density at radius 1 is 0.875 bits per heavy atom. The summed E-state index contributed by atoms with van der Waals surface area (Å²) in [7, 11) is 1.54. The fraction of sp³-hybridized carbons (Fsp3) is 0.275. The zero-order valence-electron chi connectivity index (χ0n) is 27.4. The number of nitrogens with zero attached hydrogens (tertiary/aromatic N) is 3. The minimum absolute atomic E-state index is 0.0269. The Kier molecular flexibility index (Phi) is 7.71. The molecule has 8 heteroatoms. The van der Waals surface area contributed by atoms with Gasteiger partial charge in [0.15, 0.2) is 11.8 Å². The fourth-order valence-corrected chi connectivity index (χ4v) is 7.65. The lowest BCUT2D eigenvalue weighted by Gasteiger charge is -2.36. The van der Waals surface area contributed by atoms with Gasteiger partial charge in [0, 0.05) is 37.2 Å². The molecule has 1 N–H and O–H groups in total. The van der Waals surface area contributed by atoms with Crippen molar-refractivity contribution in [2.75, 3.05) is 7.05 Å². The minimum atomic E-state index is -1.68. The van der Waals surface area contributed by atoms with Crippen molar-refractivity contribution >= 4 is 23.4 Å².